The maximum atomic E-state index is 7.40. The molecule has 0 aliphatic carbocycles. The third kappa shape index (κ3) is 5.20. The average Bonchev–Trinajstić information content (AvgIpc) is 3.69. The van der Waals surface area contributed by atoms with E-state index in [0.717, 1.165) is 66.3 Å². The molecule has 0 saturated heterocycles. The smallest absolute Gasteiger partial charge is 0.137 e. The largest absolute Gasteiger partial charge is 0.456 e. The van der Waals surface area contributed by atoms with E-state index in [4.69, 9.17) is 15.1 Å². The highest BCUT2D eigenvalue weighted by Gasteiger charge is 2.28. The molecule has 0 unspecified atom stereocenters. The molecule has 1 atom stereocenters. The second kappa shape index (κ2) is 11.8. The number of aromatic nitrogens is 1. The zero-order chi connectivity index (χ0) is 32.8. The minimum Gasteiger partial charge on any atom is -0.456 e. The summed E-state index contributed by atoms with van der Waals surface area (Å²) in [5.74, 6) is 0. The molecule has 2 heterocycles. The third-order valence-corrected chi connectivity index (χ3v) is 9.53. The molecular formula is C45H33N3O. The molecule has 0 fully saturated rings. The molecule has 0 bridgehead atoms. The third-order valence-electron chi connectivity index (χ3n) is 9.53. The molecule has 0 saturated carbocycles. The summed E-state index contributed by atoms with van der Waals surface area (Å²) >= 11 is 0. The highest BCUT2D eigenvalue weighted by atomic mass is 16.3. The van der Waals surface area contributed by atoms with Crippen molar-refractivity contribution in [2.75, 3.05) is 0 Å². The lowest BCUT2D eigenvalue weighted by Crippen LogP contribution is -2.37. The minimum atomic E-state index is -1.02. The van der Waals surface area contributed by atoms with Crippen molar-refractivity contribution in [3.05, 3.63) is 187 Å². The summed E-state index contributed by atoms with van der Waals surface area (Å²) in [7, 11) is 0. The lowest BCUT2D eigenvalue weighted by molar-refractivity contribution is 0.467. The highest BCUT2D eigenvalue weighted by Crippen LogP contribution is 2.39. The Kier molecular flexibility index (Phi) is 6.96. The van der Waals surface area contributed by atoms with Crippen LogP contribution in [-0.2, 0) is 12.1 Å². The molecule has 2 N–H and O–H groups in total. The number of para-hydroxylation sites is 2. The van der Waals surface area contributed by atoms with Crippen LogP contribution in [0.1, 0.15) is 16.7 Å². The van der Waals surface area contributed by atoms with Gasteiger partial charge < -0.3 is 14.7 Å². The van der Waals surface area contributed by atoms with E-state index < -0.39 is 5.66 Å². The predicted octanol–water partition coefficient (Wildman–Crippen LogP) is 10.8. The van der Waals surface area contributed by atoms with Crippen LogP contribution in [0, 0.1) is 0 Å². The van der Waals surface area contributed by atoms with Crippen molar-refractivity contribution in [3.8, 4) is 16.8 Å². The van der Waals surface area contributed by atoms with Gasteiger partial charge in [0.15, 0.2) is 0 Å². The molecule has 0 radical (unpaired) electrons. The topological polar surface area (TPSA) is 56.4 Å². The summed E-state index contributed by atoms with van der Waals surface area (Å²) < 4.78 is 8.64. The van der Waals surface area contributed by atoms with Gasteiger partial charge in [0.05, 0.1) is 11.0 Å². The van der Waals surface area contributed by atoms with E-state index in [0.29, 0.717) is 6.42 Å². The van der Waals surface area contributed by atoms with Gasteiger partial charge in [-0.2, -0.15) is 0 Å². The zero-order valence-corrected chi connectivity index (χ0v) is 26.8. The summed E-state index contributed by atoms with van der Waals surface area (Å²) in [5, 5.41) is 4.53. The summed E-state index contributed by atoms with van der Waals surface area (Å²) in [4.78, 5) is 5.17. The van der Waals surface area contributed by atoms with E-state index >= 15 is 0 Å². The zero-order valence-electron chi connectivity index (χ0n) is 26.8. The fraction of sp³-hybridized carbons (Fsp3) is 0.0444. The Morgan fingerprint density at radius 2 is 1.27 bits per heavy atom. The van der Waals surface area contributed by atoms with Crippen LogP contribution in [0.2, 0.25) is 0 Å². The van der Waals surface area contributed by atoms with E-state index in [1.54, 1.807) is 0 Å². The van der Waals surface area contributed by atoms with Gasteiger partial charge in [0.1, 0.15) is 16.8 Å². The minimum absolute atomic E-state index is 0.543. The van der Waals surface area contributed by atoms with Crippen molar-refractivity contribution in [1.29, 1.82) is 0 Å². The summed E-state index contributed by atoms with van der Waals surface area (Å²) in [6, 6.07) is 59.0. The summed E-state index contributed by atoms with van der Waals surface area (Å²) in [5.41, 5.74) is 16.8. The number of aliphatic imine (C=N–C) groups is 1. The fourth-order valence-electron chi connectivity index (χ4n) is 7.13. The van der Waals surface area contributed by atoms with Gasteiger partial charge in [0.2, 0.25) is 0 Å². The Hall–Kier alpha value is -6.23. The Bertz CT molecular complexity index is 2650. The number of hydrogen-bond donors (Lipinski definition) is 1. The number of nitrogens with zero attached hydrogens (tertiary/aromatic N) is 2. The van der Waals surface area contributed by atoms with Crippen molar-refractivity contribution < 1.29 is 4.42 Å². The molecule has 0 amide bonds. The fourth-order valence-corrected chi connectivity index (χ4v) is 7.13. The molecule has 9 rings (SSSR count). The van der Waals surface area contributed by atoms with Crippen molar-refractivity contribution in [3.63, 3.8) is 0 Å². The van der Waals surface area contributed by atoms with E-state index in [1.165, 1.54) is 10.9 Å². The van der Waals surface area contributed by atoms with Crippen LogP contribution in [0.25, 0.3) is 60.6 Å². The Balaban J connectivity index is 1.20. The standard InChI is InChI=1S/C45H33N3O/c46-45(29-31-13-3-1-4-14-31,47-30-32-15-11-18-34(25-32)33-16-5-2-6-17-33)35-19-12-20-36(26-35)48-41-23-9-7-21-37(41)39-28-44-40(27-42(39)48)38-22-8-10-24-43(38)49-44/h1-28,30H,29,46H2/t45-/m1/s1. The van der Waals surface area contributed by atoms with Crippen LogP contribution in [0.3, 0.4) is 0 Å². The molecule has 7 aromatic carbocycles. The monoisotopic (exact) mass is 631 g/mol. The number of benzene rings is 7. The molecule has 0 spiro atoms. The quantitative estimate of drug-likeness (QED) is 0.178. The van der Waals surface area contributed by atoms with E-state index in [2.05, 4.69) is 150 Å². The second-order valence-corrected chi connectivity index (χ2v) is 12.7. The van der Waals surface area contributed by atoms with Crippen molar-refractivity contribution >= 4 is 50.0 Å². The summed E-state index contributed by atoms with van der Waals surface area (Å²) in [6.07, 6.45) is 2.46. The van der Waals surface area contributed by atoms with Crippen molar-refractivity contribution in [2.24, 2.45) is 10.7 Å². The van der Waals surface area contributed by atoms with Crippen LogP contribution < -0.4 is 5.73 Å². The maximum absolute atomic E-state index is 7.40. The van der Waals surface area contributed by atoms with Gasteiger partial charge in [-0.05, 0) is 70.3 Å². The van der Waals surface area contributed by atoms with Gasteiger partial charge in [-0.25, -0.2) is 0 Å². The molecule has 9 aromatic rings. The number of rotatable bonds is 7. The predicted molar refractivity (Wildman–Crippen MR) is 204 cm³/mol. The Morgan fingerprint density at radius 1 is 0.551 bits per heavy atom. The van der Waals surface area contributed by atoms with Gasteiger partial charge >= 0.3 is 0 Å². The number of furan rings is 1. The Morgan fingerprint density at radius 3 is 2.12 bits per heavy atom. The summed E-state index contributed by atoms with van der Waals surface area (Å²) in [6.45, 7) is 0. The maximum Gasteiger partial charge on any atom is 0.137 e. The number of nitrogens with two attached hydrogens (primary N) is 1. The van der Waals surface area contributed by atoms with E-state index in [-0.39, 0.29) is 0 Å². The lowest BCUT2D eigenvalue weighted by atomic mass is 9.92. The highest BCUT2D eigenvalue weighted by molar-refractivity contribution is 6.17. The Labute approximate surface area is 284 Å². The number of hydrogen-bond acceptors (Lipinski definition) is 3. The van der Waals surface area contributed by atoms with Gasteiger partial charge in [-0.3, -0.25) is 4.99 Å². The van der Waals surface area contributed by atoms with Crippen LogP contribution in [0.4, 0.5) is 0 Å². The molecule has 0 aliphatic rings. The first-order chi connectivity index (χ1) is 24.1. The van der Waals surface area contributed by atoms with Crippen LogP contribution in [0.5, 0.6) is 0 Å². The number of fused-ring (bicyclic) bond motifs is 6. The molecule has 49 heavy (non-hydrogen) atoms. The van der Waals surface area contributed by atoms with Gasteiger partial charge in [-0.15, -0.1) is 0 Å². The first-order valence-corrected chi connectivity index (χ1v) is 16.6. The van der Waals surface area contributed by atoms with Crippen molar-refractivity contribution in [1.82, 2.24) is 4.57 Å². The first kappa shape index (κ1) is 29.0. The SMILES string of the molecule is N[C@](Cc1ccccc1)(N=Cc1cccc(-c2ccccc2)c1)c1cccc(-n2c3ccccc3c3cc4oc5ccccc5c4cc32)c1. The van der Waals surface area contributed by atoms with Gasteiger partial charge in [0, 0.05) is 39.9 Å². The molecule has 234 valence electrons. The van der Waals surface area contributed by atoms with Crippen LogP contribution in [-0.4, -0.2) is 10.8 Å². The van der Waals surface area contributed by atoms with Crippen LogP contribution >= 0.6 is 0 Å². The molecule has 4 nitrogen and oxygen atoms in total. The second-order valence-electron chi connectivity index (χ2n) is 12.7. The molecular weight excluding hydrogens is 599 g/mol. The molecule has 4 heteroatoms. The van der Waals surface area contributed by atoms with Crippen LogP contribution in [0.15, 0.2) is 179 Å². The average molecular weight is 632 g/mol. The normalized spacial score (nSPS) is 13.2. The lowest BCUT2D eigenvalue weighted by Gasteiger charge is -2.27. The van der Waals surface area contributed by atoms with E-state index in [9.17, 15) is 0 Å². The first-order valence-electron chi connectivity index (χ1n) is 16.6. The van der Waals surface area contributed by atoms with Gasteiger partial charge in [-0.1, -0.05) is 127 Å². The van der Waals surface area contributed by atoms with Gasteiger partial charge in [0.25, 0.3) is 0 Å². The molecule has 2 aromatic heterocycles. The van der Waals surface area contributed by atoms with Crippen molar-refractivity contribution in [2.45, 2.75) is 12.1 Å². The van der Waals surface area contributed by atoms with E-state index in [1.807, 2.05) is 30.5 Å². The molecule has 0 aliphatic heterocycles.